The van der Waals surface area contributed by atoms with Crippen LogP contribution in [0.2, 0.25) is 0 Å². The fraction of sp³-hybridized carbons (Fsp3) is 0.727. The summed E-state index contributed by atoms with van der Waals surface area (Å²) in [6.07, 6.45) is 0.177. The number of carbonyl (C=O) groups excluding carboxylic acids is 3. The standard InChI is InChI=1S/C11H16O5/c1-2-6-15-7-5-10(14)16-11-8(12)3-4-9(11)13/h11H,2-7H2,1H3. The third-order valence-electron chi connectivity index (χ3n) is 2.25. The molecule has 0 aromatic rings. The second kappa shape index (κ2) is 6.37. The van der Waals surface area contributed by atoms with Gasteiger partial charge in [0.2, 0.25) is 6.10 Å². The van der Waals surface area contributed by atoms with Crippen molar-refractivity contribution < 1.29 is 23.9 Å². The molecule has 5 heteroatoms. The zero-order valence-electron chi connectivity index (χ0n) is 9.36. The van der Waals surface area contributed by atoms with Crippen LogP contribution in [-0.4, -0.2) is 36.9 Å². The second-order valence-electron chi connectivity index (χ2n) is 3.66. The third-order valence-corrected chi connectivity index (χ3v) is 2.25. The van der Waals surface area contributed by atoms with Crippen LogP contribution in [0.5, 0.6) is 0 Å². The highest BCUT2D eigenvalue weighted by atomic mass is 16.6. The molecule has 0 aromatic heterocycles. The lowest BCUT2D eigenvalue weighted by Gasteiger charge is -2.09. The molecule has 1 rings (SSSR count). The Morgan fingerprint density at radius 2 is 1.88 bits per heavy atom. The topological polar surface area (TPSA) is 69.7 Å². The average molecular weight is 228 g/mol. The minimum Gasteiger partial charge on any atom is -0.446 e. The van der Waals surface area contributed by atoms with Crippen LogP contribution in [0.4, 0.5) is 0 Å². The fourth-order valence-electron chi connectivity index (χ4n) is 1.41. The number of ketones is 2. The maximum absolute atomic E-state index is 11.2. The highest BCUT2D eigenvalue weighted by Gasteiger charge is 2.35. The van der Waals surface area contributed by atoms with Crippen molar-refractivity contribution in [2.24, 2.45) is 0 Å². The number of Topliss-reactive ketones (excluding diaryl/α,β-unsaturated/α-hetero) is 2. The van der Waals surface area contributed by atoms with Gasteiger partial charge >= 0.3 is 5.97 Å². The van der Waals surface area contributed by atoms with Gasteiger partial charge in [0.25, 0.3) is 0 Å². The first-order valence-corrected chi connectivity index (χ1v) is 5.47. The summed E-state index contributed by atoms with van der Waals surface area (Å²) in [5.41, 5.74) is 0. The molecule has 0 heterocycles. The highest BCUT2D eigenvalue weighted by molar-refractivity contribution is 6.12. The molecule has 90 valence electrons. The van der Waals surface area contributed by atoms with Crippen LogP contribution in [0, 0.1) is 0 Å². The van der Waals surface area contributed by atoms with E-state index in [0.29, 0.717) is 6.61 Å². The van der Waals surface area contributed by atoms with E-state index in [2.05, 4.69) is 0 Å². The Morgan fingerprint density at radius 1 is 1.25 bits per heavy atom. The number of carbonyl (C=O) groups is 3. The Balaban J connectivity index is 2.23. The molecule has 0 aliphatic heterocycles. The third kappa shape index (κ3) is 3.73. The molecule has 5 nitrogen and oxygen atoms in total. The van der Waals surface area contributed by atoms with Crippen LogP contribution in [0.1, 0.15) is 32.6 Å². The lowest BCUT2D eigenvalue weighted by Crippen LogP contribution is -2.28. The molecule has 0 amide bonds. The normalized spacial score (nSPS) is 16.8. The van der Waals surface area contributed by atoms with Gasteiger partial charge in [0, 0.05) is 19.4 Å². The molecule has 0 atom stereocenters. The molecule has 0 bridgehead atoms. The number of rotatable bonds is 6. The molecule has 0 aromatic carbocycles. The SMILES string of the molecule is CCCOCCC(=O)OC1C(=O)CCC1=O. The predicted molar refractivity (Wildman–Crippen MR) is 54.9 cm³/mol. The smallest absolute Gasteiger partial charge is 0.309 e. The van der Waals surface area contributed by atoms with Crippen molar-refractivity contribution in [2.75, 3.05) is 13.2 Å². The fourth-order valence-corrected chi connectivity index (χ4v) is 1.41. The summed E-state index contributed by atoms with van der Waals surface area (Å²) in [6.45, 7) is 2.82. The highest BCUT2D eigenvalue weighted by Crippen LogP contribution is 2.14. The van der Waals surface area contributed by atoms with Gasteiger partial charge < -0.3 is 9.47 Å². The molecule has 1 fully saturated rings. The Bertz CT molecular complexity index is 268. The van der Waals surface area contributed by atoms with E-state index in [1.807, 2.05) is 6.92 Å². The van der Waals surface area contributed by atoms with E-state index in [9.17, 15) is 14.4 Å². The zero-order chi connectivity index (χ0) is 12.0. The Labute approximate surface area is 94.1 Å². The molecule has 1 aliphatic carbocycles. The molecule has 0 N–H and O–H groups in total. The van der Waals surface area contributed by atoms with Gasteiger partial charge in [0.1, 0.15) is 0 Å². The van der Waals surface area contributed by atoms with Gasteiger partial charge in [0.15, 0.2) is 11.6 Å². The summed E-state index contributed by atoms with van der Waals surface area (Å²) in [5, 5.41) is 0. The monoisotopic (exact) mass is 228 g/mol. The molecule has 0 spiro atoms. The van der Waals surface area contributed by atoms with Crippen LogP contribution >= 0.6 is 0 Å². The van der Waals surface area contributed by atoms with Gasteiger partial charge in [-0.25, -0.2) is 0 Å². The van der Waals surface area contributed by atoms with Gasteiger partial charge in [-0.3, -0.25) is 14.4 Å². The zero-order valence-corrected chi connectivity index (χ0v) is 9.36. The Morgan fingerprint density at radius 3 is 2.44 bits per heavy atom. The summed E-state index contributed by atoms with van der Waals surface area (Å²) in [4.78, 5) is 33.6. The lowest BCUT2D eigenvalue weighted by molar-refractivity contribution is -0.158. The van der Waals surface area contributed by atoms with Crippen molar-refractivity contribution >= 4 is 17.5 Å². The van der Waals surface area contributed by atoms with Crippen molar-refractivity contribution in [3.63, 3.8) is 0 Å². The number of hydrogen-bond acceptors (Lipinski definition) is 5. The first-order chi connectivity index (χ1) is 7.65. The number of esters is 1. The first-order valence-electron chi connectivity index (χ1n) is 5.47. The summed E-state index contributed by atoms with van der Waals surface area (Å²) in [6, 6.07) is 0. The number of hydrogen-bond donors (Lipinski definition) is 0. The van der Waals surface area contributed by atoms with Gasteiger partial charge in [0.05, 0.1) is 13.0 Å². The van der Waals surface area contributed by atoms with Crippen LogP contribution in [0.25, 0.3) is 0 Å². The van der Waals surface area contributed by atoms with Crippen molar-refractivity contribution in [1.82, 2.24) is 0 Å². The molecule has 0 saturated heterocycles. The van der Waals surface area contributed by atoms with Gasteiger partial charge in [-0.05, 0) is 6.42 Å². The van der Waals surface area contributed by atoms with E-state index < -0.39 is 12.1 Å². The van der Waals surface area contributed by atoms with E-state index in [1.165, 1.54) is 0 Å². The second-order valence-corrected chi connectivity index (χ2v) is 3.66. The predicted octanol–water partition coefficient (Wildman–Crippen LogP) is 0.647. The van der Waals surface area contributed by atoms with E-state index >= 15 is 0 Å². The molecule has 16 heavy (non-hydrogen) atoms. The molecule has 0 radical (unpaired) electrons. The quantitative estimate of drug-likeness (QED) is 0.379. The minimum atomic E-state index is -1.15. The lowest BCUT2D eigenvalue weighted by atomic mass is 10.3. The number of ether oxygens (including phenoxy) is 2. The summed E-state index contributed by atoms with van der Waals surface area (Å²) in [5.74, 6) is -1.15. The summed E-state index contributed by atoms with van der Waals surface area (Å²) >= 11 is 0. The van der Waals surface area contributed by atoms with E-state index in [-0.39, 0.29) is 37.4 Å². The van der Waals surface area contributed by atoms with Gasteiger partial charge in [-0.2, -0.15) is 0 Å². The minimum absolute atomic E-state index is 0.0804. The molecule has 1 aliphatic rings. The van der Waals surface area contributed by atoms with Crippen LogP contribution < -0.4 is 0 Å². The maximum atomic E-state index is 11.2. The summed E-state index contributed by atoms with van der Waals surface area (Å²) < 4.78 is 9.90. The summed E-state index contributed by atoms with van der Waals surface area (Å²) in [7, 11) is 0. The molecule has 1 saturated carbocycles. The van der Waals surface area contributed by atoms with Gasteiger partial charge in [-0.1, -0.05) is 6.92 Å². The van der Waals surface area contributed by atoms with Gasteiger partial charge in [-0.15, -0.1) is 0 Å². The Hall–Kier alpha value is -1.23. The van der Waals surface area contributed by atoms with Crippen molar-refractivity contribution in [2.45, 2.75) is 38.7 Å². The largest absolute Gasteiger partial charge is 0.446 e. The molecular formula is C11H16O5. The van der Waals surface area contributed by atoms with E-state index in [0.717, 1.165) is 6.42 Å². The molecule has 0 unspecified atom stereocenters. The Kier molecular flexibility index (Phi) is 5.11. The maximum Gasteiger partial charge on any atom is 0.309 e. The molecular weight excluding hydrogens is 212 g/mol. The average Bonchev–Trinajstić information content (AvgIpc) is 2.56. The van der Waals surface area contributed by atoms with Crippen LogP contribution in [0.15, 0.2) is 0 Å². The van der Waals surface area contributed by atoms with E-state index in [1.54, 1.807) is 0 Å². The first kappa shape index (κ1) is 12.8. The van der Waals surface area contributed by atoms with Crippen LogP contribution in [0.3, 0.4) is 0 Å². The van der Waals surface area contributed by atoms with E-state index in [4.69, 9.17) is 9.47 Å². The van der Waals surface area contributed by atoms with Crippen molar-refractivity contribution in [3.05, 3.63) is 0 Å². The van der Waals surface area contributed by atoms with Crippen LogP contribution in [-0.2, 0) is 23.9 Å². The van der Waals surface area contributed by atoms with Crippen molar-refractivity contribution in [1.29, 1.82) is 0 Å². The van der Waals surface area contributed by atoms with Crippen molar-refractivity contribution in [3.8, 4) is 0 Å².